The molecule has 0 aliphatic carbocycles. The van der Waals surface area contributed by atoms with E-state index in [1.807, 2.05) is 12.1 Å². The van der Waals surface area contributed by atoms with Crippen molar-refractivity contribution in [1.29, 1.82) is 0 Å². The molecule has 3 nitrogen and oxygen atoms in total. The lowest BCUT2D eigenvalue weighted by Crippen LogP contribution is -2.34. The van der Waals surface area contributed by atoms with Crippen LogP contribution in [0.1, 0.15) is 22.3 Å². The predicted molar refractivity (Wildman–Crippen MR) is 184 cm³/mol. The third-order valence-electron chi connectivity index (χ3n) is 8.83. The Morgan fingerprint density at radius 1 is 0.511 bits per heavy atom. The maximum atomic E-state index is 6.64. The summed E-state index contributed by atoms with van der Waals surface area (Å²) in [7, 11) is 0. The van der Waals surface area contributed by atoms with Gasteiger partial charge in [-0.15, -0.1) is 11.3 Å². The molecular weight excluding hydrogens is 569 g/mol. The van der Waals surface area contributed by atoms with E-state index < -0.39 is 5.41 Å². The van der Waals surface area contributed by atoms with Crippen LogP contribution in [0, 0.1) is 0 Å². The first-order valence-corrected chi connectivity index (χ1v) is 15.9. The summed E-state index contributed by atoms with van der Waals surface area (Å²) < 4.78 is 8.94. The van der Waals surface area contributed by atoms with Crippen molar-refractivity contribution >= 4 is 31.6 Å². The summed E-state index contributed by atoms with van der Waals surface area (Å²) in [6.07, 6.45) is 0. The molecule has 1 aliphatic rings. The van der Waals surface area contributed by atoms with E-state index in [0.717, 1.165) is 55.0 Å². The number of nitrogens with zero attached hydrogens (tertiary/aromatic N) is 2. The normalized spacial score (nSPS) is 13.2. The van der Waals surface area contributed by atoms with E-state index in [-0.39, 0.29) is 0 Å². The maximum absolute atomic E-state index is 6.64. The number of benzene rings is 6. The van der Waals surface area contributed by atoms with Crippen LogP contribution in [0.4, 0.5) is 0 Å². The number of rotatable bonds is 4. The number of fused-ring (bicyclic) bond motifs is 5. The Morgan fingerprint density at radius 2 is 1.13 bits per heavy atom. The molecule has 6 aromatic carbocycles. The first kappa shape index (κ1) is 25.9. The van der Waals surface area contributed by atoms with Gasteiger partial charge in [0.25, 0.3) is 0 Å². The molecule has 0 radical (unpaired) electrons. The molecule has 0 N–H and O–H groups in total. The Hall–Kier alpha value is -5.58. The zero-order valence-corrected chi connectivity index (χ0v) is 25.0. The summed E-state index contributed by atoms with van der Waals surface area (Å²) in [5.41, 5.74) is 7.88. The number of thiophene rings is 1. The number of ether oxygens (including phenoxy) is 1. The van der Waals surface area contributed by atoms with Gasteiger partial charge in [-0.3, -0.25) is 0 Å². The van der Waals surface area contributed by atoms with Crippen molar-refractivity contribution in [3.05, 3.63) is 180 Å². The maximum Gasteiger partial charge on any atom is 0.160 e. The van der Waals surface area contributed by atoms with Gasteiger partial charge in [-0.2, -0.15) is 0 Å². The molecular formula is C41H26N2OS. The summed E-state index contributed by atoms with van der Waals surface area (Å²) in [5.74, 6) is 2.39. The minimum atomic E-state index is -0.607. The summed E-state index contributed by atoms with van der Waals surface area (Å²) in [6.45, 7) is 0. The third-order valence-corrected chi connectivity index (χ3v) is 10.0. The molecule has 212 valence electrons. The molecule has 0 bridgehead atoms. The van der Waals surface area contributed by atoms with Crippen molar-refractivity contribution < 1.29 is 4.74 Å². The molecule has 4 heteroatoms. The summed E-state index contributed by atoms with van der Waals surface area (Å²) >= 11 is 1.75. The SMILES string of the molecule is c1ccc(-c2nc(-c3ccc4c(c3)C(c3ccccc3)(c3ccccc3)c3ccccc3O4)nc3c2sc2ccccc23)cc1. The second-order valence-electron chi connectivity index (χ2n) is 11.3. The summed E-state index contributed by atoms with van der Waals surface area (Å²) in [4.78, 5) is 10.5. The van der Waals surface area contributed by atoms with Gasteiger partial charge in [-0.1, -0.05) is 127 Å². The summed E-state index contributed by atoms with van der Waals surface area (Å²) in [6, 6.07) is 55.3. The molecule has 9 rings (SSSR count). The van der Waals surface area contributed by atoms with E-state index in [4.69, 9.17) is 14.7 Å². The monoisotopic (exact) mass is 594 g/mol. The van der Waals surface area contributed by atoms with E-state index in [2.05, 4.69) is 146 Å². The highest BCUT2D eigenvalue weighted by molar-refractivity contribution is 7.26. The van der Waals surface area contributed by atoms with Crippen LogP contribution in [0.25, 0.3) is 42.9 Å². The van der Waals surface area contributed by atoms with Gasteiger partial charge in [-0.05, 0) is 41.5 Å². The highest BCUT2D eigenvalue weighted by Crippen LogP contribution is 2.55. The second kappa shape index (κ2) is 10.3. The van der Waals surface area contributed by atoms with Crippen LogP contribution in [-0.2, 0) is 5.41 Å². The first-order chi connectivity index (χ1) is 22.3. The van der Waals surface area contributed by atoms with Crippen molar-refractivity contribution in [2.75, 3.05) is 0 Å². The van der Waals surface area contributed by atoms with E-state index in [0.29, 0.717) is 5.82 Å². The van der Waals surface area contributed by atoms with Crippen molar-refractivity contribution in [3.63, 3.8) is 0 Å². The van der Waals surface area contributed by atoms with Gasteiger partial charge in [0.05, 0.1) is 21.3 Å². The fourth-order valence-corrected chi connectivity index (χ4v) is 8.01. The molecule has 8 aromatic rings. The van der Waals surface area contributed by atoms with Crippen LogP contribution < -0.4 is 4.74 Å². The van der Waals surface area contributed by atoms with Crippen molar-refractivity contribution in [1.82, 2.24) is 9.97 Å². The Bertz CT molecular complexity index is 2310. The molecule has 1 aliphatic heterocycles. The Kier molecular flexibility index (Phi) is 5.90. The van der Waals surface area contributed by atoms with Crippen LogP contribution in [0.15, 0.2) is 158 Å². The predicted octanol–water partition coefficient (Wildman–Crippen LogP) is 10.7. The van der Waals surface area contributed by atoms with Gasteiger partial charge in [-0.25, -0.2) is 9.97 Å². The Labute approximate surface area is 265 Å². The number of aromatic nitrogens is 2. The number of hydrogen-bond donors (Lipinski definition) is 0. The molecule has 0 saturated heterocycles. The van der Waals surface area contributed by atoms with Crippen molar-refractivity contribution in [2.45, 2.75) is 5.41 Å². The lowest BCUT2D eigenvalue weighted by molar-refractivity contribution is 0.434. The standard InChI is InChI=1S/C41H26N2OS/c1-4-14-27(15-5-1)37-39-38(31-20-10-13-23-36(31)45-39)43-40(42-37)28-24-25-35-33(26-28)41(29-16-6-2-7-17-29,30-18-8-3-9-19-30)32-21-11-12-22-34(32)44-35/h1-26H. The largest absolute Gasteiger partial charge is 0.457 e. The highest BCUT2D eigenvalue weighted by Gasteiger charge is 2.45. The second-order valence-corrected chi connectivity index (χ2v) is 12.4. The number of hydrogen-bond acceptors (Lipinski definition) is 4. The van der Waals surface area contributed by atoms with Crippen LogP contribution in [0.2, 0.25) is 0 Å². The summed E-state index contributed by atoms with van der Waals surface area (Å²) in [5, 5.41) is 1.15. The molecule has 0 fully saturated rings. The van der Waals surface area contributed by atoms with Crippen molar-refractivity contribution in [3.8, 4) is 34.1 Å². The zero-order valence-electron chi connectivity index (χ0n) is 24.2. The minimum Gasteiger partial charge on any atom is -0.457 e. The molecule has 0 amide bonds. The van der Waals surface area contributed by atoms with Gasteiger partial charge >= 0.3 is 0 Å². The fraction of sp³-hybridized carbons (Fsp3) is 0.0244. The van der Waals surface area contributed by atoms with Gasteiger partial charge < -0.3 is 4.74 Å². The Balaban J connectivity index is 1.35. The van der Waals surface area contributed by atoms with Crippen LogP contribution in [0.5, 0.6) is 11.5 Å². The van der Waals surface area contributed by atoms with Crippen LogP contribution in [0.3, 0.4) is 0 Å². The molecule has 3 heterocycles. The van der Waals surface area contributed by atoms with E-state index >= 15 is 0 Å². The Morgan fingerprint density at radius 3 is 1.89 bits per heavy atom. The van der Waals surface area contributed by atoms with Crippen LogP contribution >= 0.6 is 11.3 Å². The first-order valence-electron chi connectivity index (χ1n) is 15.1. The average molecular weight is 595 g/mol. The zero-order chi connectivity index (χ0) is 29.8. The van der Waals surface area contributed by atoms with Gasteiger partial charge in [0, 0.05) is 32.3 Å². The average Bonchev–Trinajstić information content (AvgIpc) is 3.50. The molecule has 45 heavy (non-hydrogen) atoms. The van der Waals surface area contributed by atoms with Crippen molar-refractivity contribution in [2.24, 2.45) is 0 Å². The highest BCUT2D eigenvalue weighted by atomic mass is 32.1. The molecule has 0 spiro atoms. The molecule has 0 atom stereocenters. The topological polar surface area (TPSA) is 35.0 Å². The quantitative estimate of drug-likeness (QED) is 0.203. The smallest absolute Gasteiger partial charge is 0.160 e. The van der Waals surface area contributed by atoms with Gasteiger partial charge in [0.2, 0.25) is 0 Å². The molecule has 0 saturated carbocycles. The fourth-order valence-electron chi connectivity index (χ4n) is 6.86. The van der Waals surface area contributed by atoms with Gasteiger partial charge in [0.15, 0.2) is 5.82 Å². The lowest BCUT2D eigenvalue weighted by Gasteiger charge is -2.41. The van der Waals surface area contributed by atoms with Gasteiger partial charge in [0.1, 0.15) is 11.5 Å². The number of para-hydroxylation sites is 1. The molecule has 0 unspecified atom stereocenters. The van der Waals surface area contributed by atoms with Crippen LogP contribution in [-0.4, -0.2) is 9.97 Å². The van der Waals surface area contributed by atoms with E-state index in [1.165, 1.54) is 15.8 Å². The van der Waals surface area contributed by atoms with E-state index in [9.17, 15) is 0 Å². The third kappa shape index (κ3) is 3.96. The lowest BCUT2D eigenvalue weighted by atomic mass is 9.63. The molecule has 2 aromatic heterocycles. The van der Waals surface area contributed by atoms with E-state index in [1.54, 1.807) is 11.3 Å². The minimum absolute atomic E-state index is 0.607.